The fourth-order valence-electron chi connectivity index (χ4n) is 3.46. The monoisotopic (exact) mass is 388 g/mol. The lowest BCUT2D eigenvalue weighted by atomic mass is 9.85. The number of carbonyl (C=O) groups excluding carboxylic acids is 1. The van der Waals surface area contributed by atoms with Gasteiger partial charge in [0, 0.05) is 17.9 Å². The van der Waals surface area contributed by atoms with E-state index in [-0.39, 0.29) is 29.1 Å². The molecule has 0 aliphatic carbocycles. The molecule has 4 nitrogen and oxygen atoms in total. The van der Waals surface area contributed by atoms with Crippen LogP contribution in [-0.2, 0) is 0 Å². The molecule has 1 aromatic heterocycles. The first-order valence-electron chi connectivity index (χ1n) is 9.13. The van der Waals surface area contributed by atoms with Crippen LogP contribution in [-0.4, -0.2) is 10.9 Å². The highest BCUT2D eigenvalue weighted by molar-refractivity contribution is 5.97. The van der Waals surface area contributed by atoms with Gasteiger partial charge < -0.3 is 9.52 Å². The molecule has 0 saturated heterocycles. The topological polar surface area (TPSA) is 67.5 Å². The Morgan fingerprint density at radius 2 is 1.59 bits per heavy atom. The number of rotatable bonds is 5. The quantitative estimate of drug-likeness (QED) is 0.384. The summed E-state index contributed by atoms with van der Waals surface area (Å²) in [6, 6.07) is 20.8. The van der Waals surface area contributed by atoms with E-state index in [4.69, 9.17) is 4.42 Å². The molecule has 0 saturated carbocycles. The number of hydrogen-bond donors (Lipinski definition) is 1. The summed E-state index contributed by atoms with van der Waals surface area (Å²) in [7, 11) is 0. The van der Waals surface area contributed by atoms with Crippen LogP contribution in [0.2, 0.25) is 0 Å². The summed E-state index contributed by atoms with van der Waals surface area (Å²) in [5.74, 6) is -1.65. The Hall–Kier alpha value is -3.73. The first-order valence-corrected chi connectivity index (χ1v) is 9.13. The summed E-state index contributed by atoms with van der Waals surface area (Å²) in [6.07, 6.45) is -0.0771. The van der Waals surface area contributed by atoms with Crippen LogP contribution in [0, 0.1) is 5.82 Å². The summed E-state index contributed by atoms with van der Waals surface area (Å²) < 4.78 is 18.8. The number of ketones is 1. The van der Waals surface area contributed by atoms with E-state index >= 15 is 0 Å². The van der Waals surface area contributed by atoms with Crippen LogP contribution in [0.15, 0.2) is 88.1 Å². The Morgan fingerprint density at radius 1 is 0.931 bits per heavy atom. The van der Waals surface area contributed by atoms with Crippen LogP contribution in [0.25, 0.3) is 11.0 Å². The molecule has 1 atom stereocenters. The van der Waals surface area contributed by atoms with Gasteiger partial charge in [0.15, 0.2) is 5.78 Å². The van der Waals surface area contributed by atoms with Crippen molar-refractivity contribution in [2.24, 2.45) is 0 Å². The van der Waals surface area contributed by atoms with E-state index in [0.717, 1.165) is 0 Å². The molecule has 1 heterocycles. The van der Waals surface area contributed by atoms with E-state index in [1.54, 1.807) is 54.6 Å². The maximum absolute atomic E-state index is 13.5. The zero-order valence-corrected chi connectivity index (χ0v) is 15.3. The summed E-state index contributed by atoms with van der Waals surface area (Å²) in [4.78, 5) is 25.6. The van der Waals surface area contributed by atoms with Crippen molar-refractivity contribution in [1.29, 1.82) is 0 Å². The number of fused-ring (bicyclic) bond motifs is 1. The number of halogens is 1. The third-order valence-electron chi connectivity index (χ3n) is 4.93. The summed E-state index contributed by atoms with van der Waals surface area (Å²) >= 11 is 0. The van der Waals surface area contributed by atoms with Crippen molar-refractivity contribution in [3.63, 3.8) is 0 Å². The smallest absolute Gasteiger partial charge is 0.343 e. The fraction of sp³-hybridized carbons (Fsp3) is 0.0833. The zero-order chi connectivity index (χ0) is 20.4. The number of carbonyl (C=O) groups is 1. The average Bonchev–Trinajstić information content (AvgIpc) is 2.74. The lowest BCUT2D eigenvalue weighted by Gasteiger charge is -2.18. The molecule has 5 heteroatoms. The van der Waals surface area contributed by atoms with Crippen molar-refractivity contribution in [2.45, 2.75) is 12.3 Å². The first-order chi connectivity index (χ1) is 14.0. The van der Waals surface area contributed by atoms with Gasteiger partial charge in [-0.25, -0.2) is 9.18 Å². The number of para-hydroxylation sites is 1. The number of hydrogen-bond acceptors (Lipinski definition) is 4. The van der Waals surface area contributed by atoms with Gasteiger partial charge in [-0.1, -0.05) is 54.6 Å². The van der Waals surface area contributed by atoms with Gasteiger partial charge in [-0.05, 0) is 29.8 Å². The van der Waals surface area contributed by atoms with Crippen LogP contribution in [0.4, 0.5) is 4.39 Å². The van der Waals surface area contributed by atoms with Crippen molar-refractivity contribution >= 4 is 16.8 Å². The van der Waals surface area contributed by atoms with E-state index in [1.807, 2.05) is 0 Å². The predicted octanol–water partition coefficient (Wildman–Crippen LogP) is 5.04. The molecule has 4 rings (SSSR count). The average molecular weight is 388 g/mol. The lowest BCUT2D eigenvalue weighted by molar-refractivity contribution is 0.0977. The molecule has 0 unspecified atom stereocenters. The van der Waals surface area contributed by atoms with Gasteiger partial charge in [-0.2, -0.15) is 0 Å². The highest BCUT2D eigenvalue weighted by Gasteiger charge is 2.27. The van der Waals surface area contributed by atoms with E-state index in [1.165, 1.54) is 24.3 Å². The Kier molecular flexibility index (Phi) is 4.96. The molecule has 0 bridgehead atoms. The number of aromatic hydroxyl groups is 1. The largest absolute Gasteiger partial charge is 0.507 e. The third-order valence-corrected chi connectivity index (χ3v) is 4.93. The molecule has 3 aromatic carbocycles. The molecule has 29 heavy (non-hydrogen) atoms. The Balaban J connectivity index is 1.87. The van der Waals surface area contributed by atoms with Crippen molar-refractivity contribution in [3.05, 3.63) is 112 Å². The van der Waals surface area contributed by atoms with Crippen molar-refractivity contribution < 1.29 is 18.7 Å². The van der Waals surface area contributed by atoms with Crippen LogP contribution in [0.1, 0.15) is 33.8 Å². The molecule has 144 valence electrons. The van der Waals surface area contributed by atoms with Gasteiger partial charge in [0.2, 0.25) is 0 Å². The van der Waals surface area contributed by atoms with E-state index in [9.17, 15) is 19.1 Å². The second kappa shape index (κ2) is 7.72. The highest BCUT2D eigenvalue weighted by Crippen LogP contribution is 2.36. The molecule has 0 radical (unpaired) electrons. The minimum Gasteiger partial charge on any atom is -0.507 e. The zero-order valence-electron chi connectivity index (χ0n) is 15.3. The van der Waals surface area contributed by atoms with Crippen LogP contribution < -0.4 is 5.63 Å². The summed E-state index contributed by atoms with van der Waals surface area (Å²) in [5, 5.41) is 11.2. The normalized spacial score (nSPS) is 12.0. The number of benzene rings is 3. The van der Waals surface area contributed by atoms with Crippen molar-refractivity contribution in [1.82, 2.24) is 0 Å². The molecule has 0 amide bonds. The maximum Gasteiger partial charge on any atom is 0.343 e. The standard InChI is InChI=1S/C24H17FO4/c25-17-12-10-15(11-13-17)19(14-20(26)16-6-2-1-3-7-16)22-23(27)18-8-4-5-9-21(18)29-24(22)28/h1-13,19,27H,14H2/t19-/m0/s1. The van der Waals surface area contributed by atoms with Gasteiger partial charge in [-0.3, -0.25) is 4.79 Å². The summed E-state index contributed by atoms with van der Waals surface area (Å²) in [6.45, 7) is 0. The van der Waals surface area contributed by atoms with E-state index < -0.39 is 17.4 Å². The maximum atomic E-state index is 13.5. The van der Waals surface area contributed by atoms with Gasteiger partial charge in [0.05, 0.1) is 10.9 Å². The molecular formula is C24H17FO4. The molecule has 0 aliphatic rings. The Bertz CT molecular complexity index is 1230. The van der Waals surface area contributed by atoms with Crippen LogP contribution in [0.5, 0.6) is 5.75 Å². The van der Waals surface area contributed by atoms with E-state index in [0.29, 0.717) is 16.5 Å². The Morgan fingerprint density at radius 3 is 2.31 bits per heavy atom. The summed E-state index contributed by atoms with van der Waals surface area (Å²) in [5.41, 5.74) is 0.541. The van der Waals surface area contributed by atoms with Gasteiger partial charge in [0.25, 0.3) is 0 Å². The second-order valence-corrected chi connectivity index (χ2v) is 6.75. The first kappa shape index (κ1) is 18.6. The number of Topliss-reactive ketones (excluding diaryl/α,β-unsaturated/α-hetero) is 1. The predicted molar refractivity (Wildman–Crippen MR) is 108 cm³/mol. The van der Waals surface area contributed by atoms with Crippen LogP contribution in [0.3, 0.4) is 0 Å². The SMILES string of the molecule is O=C(C[C@@H](c1ccc(F)cc1)c1c(O)c2ccccc2oc1=O)c1ccccc1. The molecule has 1 N–H and O–H groups in total. The van der Waals surface area contributed by atoms with Crippen LogP contribution >= 0.6 is 0 Å². The van der Waals surface area contributed by atoms with Gasteiger partial charge >= 0.3 is 5.63 Å². The molecule has 4 aromatic rings. The van der Waals surface area contributed by atoms with Crippen molar-refractivity contribution in [2.75, 3.05) is 0 Å². The third kappa shape index (κ3) is 3.67. The minimum absolute atomic E-state index is 0.0143. The molecular weight excluding hydrogens is 371 g/mol. The van der Waals surface area contributed by atoms with E-state index in [2.05, 4.69) is 0 Å². The lowest BCUT2D eigenvalue weighted by Crippen LogP contribution is -2.17. The molecule has 0 aliphatic heterocycles. The molecule has 0 spiro atoms. The second-order valence-electron chi connectivity index (χ2n) is 6.75. The minimum atomic E-state index is -0.788. The fourth-order valence-corrected chi connectivity index (χ4v) is 3.46. The molecule has 0 fully saturated rings. The highest BCUT2D eigenvalue weighted by atomic mass is 19.1. The van der Waals surface area contributed by atoms with Gasteiger partial charge in [-0.15, -0.1) is 0 Å². The van der Waals surface area contributed by atoms with Gasteiger partial charge in [0.1, 0.15) is 17.1 Å². The Labute approximate surface area is 165 Å². The van der Waals surface area contributed by atoms with Crippen molar-refractivity contribution in [3.8, 4) is 5.75 Å².